The van der Waals surface area contributed by atoms with Gasteiger partial charge in [0.05, 0.1) is 17.3 Å². The van der Waals surface area contributed by atoms with Crippen LogP contribution in [0.15, 0.2) is 88.9 Å². The van der Waals surface area contributed by atoms with Gasteiger partial charge in [-0.05, 0) is 80.7 Å². The minimum Gasteiger partial charge on any atom is -0.493 e. The number of nitrogens with zero attached hydrogens (tertiary/aromatic N) is 1. The van der Waals surface area contributed by atoms with E-state index < -0.39 is 17.8 Å². The van der Waals surface area contributed by atoms with Crippen LogP contribution in [0.3, 0.4) is 0 Å². The predicted octanol–water partition coefficient (Wildman–Crippen LogP) is 6.16. The SMILES string of the molecule is COc1cc(/C=C2\C(=O)NC(=O)N(c3cccc(C)c3)C2=O)cc(Br)c1OCc1cccc2ccccc12. The Hall–Kier alpha value is -4.43. The number of ether oxygens (including phenoxy) is 2. The number of fused-ring (bicyclic) bond motifs is 1. The van der Waals surface area contributed by atoms with Gasteiger partial charge < -0.3 is 9.47 Å². The van der Waals surface area contributed by atoms with Crippen LogP contribution in [0.1, 0.15) is 16.7 Å². The third-order valence-electron chi connectivity index (χ3n) is 6.18. The van der Waals surface area contributed by atoms with Crippen LogP contribution in [0.5, 0.6) is 11.5 Å². The summed E-state index contributed by atoms with van der Waals surface area (Å²) < 4.78 is 12.3. The van der Waals surface area contributed by atoms with E-state index in [1.165, 1.54) is 13.2 Å². The first-order valence-electron chi connectivity index (χ1n) is 11.8. The van der Waals surface area contributed by atoms with E-state index in [4.69, 9.17) is 9.47 Å². The molecule has 8 heteroatoms. The molecule has 0 bridgehead atoms. The molecule has 1 N–H and O–H groups in total. The Bertz CT molecular complexity index is 1620. The van der Waals surface area contributed by atoms with Crippen LogP contribution in [0.25, 0.3) is 16.8 Å². The lowest BCUT2D eigenvalue weighted by Crippen LogP contribution is -2.54. The molecule has 4 aromatic rings. The van der Waals surface area contributed by atoms with E-state index >= 15 is 0 Å². The lowest BCUT2D eigenvalue weighted by Gasteiger charge is -2.26. The maximum atomic E-state index is 13.2. The zero-order valence-corrected chi connectivity index (χ0v) is 22.2. The van der Waals surface area contributed by atoms with Gasteiger partial charge in [-0.3, -0.25) is 14.9 Å². The van der Waals surface area contributed by atoms with Crippen molar-refractivity contribution in [2.75, 3.05) is 12.0 Å². The number of benzene rings is 4. The number of halogens is 1. The van der Waals surface area contributed by atoms with Crippen molar-refractivity contribution in [3.8, 4) is 11.5 Å². The number of hydrogen-bond acceptors (Lipinski definition) is 5. The first kappa shape index (κ1) is 25.2. The second-order valence-electron chi connectivity index (χ2n) is 8.76. The normalized spacial score (nSPS) is 14.7. The number of urea groups is 1. The molecule has 0 radical (unpaired) electrons. The van der Waals surface area contributed by atoms with Crippen molar-refractivity contribution in [3.05, 3.63) is 106 Å². The number of hydrogen-bond donors (Lipinski definition) is 1. The number of aryl methyl sites for hydroxylation is 1. The number of nitrogens with one attached hydrogen (secondary N) is 1. The molecule has 1 fully saturated rings. The topological polar surface area (TPSA) is 84.9 Å². The second kappa shape index (κ2) is 10.5. The average Bonchev–Trinajstić information content (AvgIpc) is 2.90. The first-order chi connectivity index (χ1) is 18.4. The minimum absolute atomic E-state index is 0.176. The van der Waals surface area contributed by atoms with E-state index in [9.17, 15) is 14.4 Å². The fraction of sp³-hybridized carbons (Fsp3) is 0.100. The number of barbiturate groups is 1. The van der Waals surface area contributed by atoms with Crippen molar-refractivity contribution in [1.82, 2.24) is 5.32 Å². The van der Waals surface area contributed by atoms with Crippen LogP contribution in [-0.4, -0.2) is 25.0 Å². The molecule has 0 atom stereocenters. The fourth-order valence-electron chi connectivity index (χ4n) is 4.36. The van der Waals surface area contributed by atoms with E-state index in [0.29, 0.717) is 33.8 Å². The molecule has 4 amide bonds. The summed E-state index contributed by atoms with van der Waals surface area (Å²) in [5.41, 5.74) is 2.61. The molecule has 0 unspecified atom stereocenters. The predicted molar refractivity (Wildman–Crippen MR) is 149 cm³/mol. The van der Waals surface area contributed by atoms with Gasteiger partial charge in [0.1, 0.15) is 12.2 Å². The molecule has 1 aliphatic rings. The maximum Gasteiger partial charge on any atom is 0.335 e. The van der Waals surface area contributed by atoms with E-state index in [1.54, 1.807) is 30.3 Å². The highest BCUT2D eigenvalue weighted by molar-refractivity contribution is 9.10. The standard InChI is InChI=1S/C30H23BrN2O5/c1-18-7-5-11-22(13-18)33-29(35)24(28(34)32-30(33)36)14-19-15-25(31)27(26(16-19)37-2)38-17-21-10-6-9-20-8-3-4-12-23(20)21/h3-16H,17H2,1-2H3,(H,32,34,36)/b24-14+. The maximum absolute atomic E-state index is 13.2. The highest BCUT2D eigenvalue weighted by Gasteiger charge is 2.37. The van der Waals surface area contributed by atoms with Gasteiger partial charge in [0.25, 0.3) is 11.8 Å². The number of methoxy groups -OCH3 is 1. The van der Waals surface area contributed by atoms with Gasteiger partial charge in [-0.25, -0.2) is 9.69 Å². The molecule has 7 nitrogen and oxygen atoms in total. The van der Waals surface area contributed by atoms with E-state index in [1.807, 2.05) is 55.5 Å². The number of anilines is 1. The number of rotatable bonds is 6. The van der Waals surface area contributed by atoms with Crippen LogP contribution >= 0.6 is 15.9 Å². The Morgan fingerprint density at radius 3 is 2.50 bits per heavy atom. The second-order valence-corrected chi connectivity index (χ2v) is 9.61. The third kappa shape index (κ3) is 4.90. The molecule has 1 heterocycles. The van der Waals surface area contributed by atoms with Crippen molar-refractivity contribution >= 4 is 56.3 Å². The third-order valence-corrected chi connectivity index (χ3v) is 6.77. The van der Waals surface area contributed by atoms with Crippen molar-refractivity contribution in [1.29, 1.82) is 0 Å². The van der Waals surface area contributed by atoms with Crippen LogP contribution in [0.4, 0.5) is 10.5 Å². The molecule has 0 spiro atoms. The van der Waals surface area contributed by atoms with Crippen molar-refractivity contribution in [2.45, 2.75) is 13.5 Å². The summed E-state index contributed by atoms with van der Waals surface area (Å²) in [6.45, 7) is 2.16. The molecule has 4 aromatic carbocycles. The zero-order chi connectivity index (χ0) is 26.8. The van der Waals surface area contributed by atoms with Crippen LogP contribution in [0, 0.1) is 6.92 Å². The summed E-state index contributed by atoms with van der Waals surface area (Å²) in [6, 6.07) is 23.7. The van der Waals surface area contributed by atoms with Gasteiger partial charge in [-0.2, -0.15) is 0 Å². The van der Waals surface area contributed by atoms with Crippen LogP contribution < -0.4 is 19.7 Å². The van der Waals surface area contributed by atoms with Gasteiger partial charge >= 0.3 is 6.03 Å². The zero-order valence-electron chi connectivity index (χ0n) is 20.7. The summed E-state index contributed by atoms with van der Waals surface area (Å²) >= 11 is 3.54. The van der Waals surface area contributed by atoms with Gasteiger partial charge in [-0.1, -0.05) is 54.6 Å². The molecule has 0 aromatic heterocycles. The van der Waals surface area contributed by atoms with Gasteiger partial charge in [-0.15, -0.1) is 0 Å². The molecular weight excluding hydrogens is 548 g/mol. The molecule has 0 aliphatic carbocycles. The highest BCUT2D eigenvalue weighted by Crippen LogP contribution is 2.38. The number of carbonyl (C=O) groups excluding carboxylic acids is 3. The number of carbonyl (C=O) groups is 3. The molecule has 1 saturated heterocycles. The lowest BCUT2D eigenvalue weighted by molar-refractivity contribution is -0.122. The summed E-state index contributed by atoms with van der Waals surface area (Å²) in [5.74, 6) is -0.577. The first-order valence-corrected chi connectivity index (χ1v) is 12.6. The Kier molecular flexibility index (Phi) is 6.98. The van der Waals surface area contributed by atoms with E-state index in [0.717, 1.165) is 26.8 Å². The molecule has 38 heavy (non-hydrogen) atoms. The van der Waals surface area contributed by atoms with Crippen LogP contribution in [0.2, 0.25) is 0 Å². The smallest absolute Gasteiger partial charge is 0.335 e. The monoisotopic (exact) mass is 570 g/mol. The molecular formula is C30H23BrN2O5. The van der Waals surface area contributed by atoms with Crippen molar-refractivity contribution in [2.24, 2.45) is 0 Å². The summed E-state index contributed by atoms with van der Waals surface area (Å²) in [6.07, 6.45) is 1.43. The Morgan fingerprint density at radius 2 is 1.71 bits per heavy atom. The lowest BCUT2D eigenvalue weighted by atomic mass is 10.1. The largest absolute Gasteiger partial charge is 0.493 e. The Balaban J connectivity index is 1.45. The van der Waals surface area contributed by atoms with Crippen molar-refractivity contribution in [3.63, 3.8) is 0 Å². The summed E-state index contributed by atoms with van der Waals surface area (Å²) in [5, 5.41) is 4.47. The average molecular weight is 571 g/mol. The number of amides is 4. The number of imide groups is 2. The summed E-state index contributed by atoms with van der Waals surface area (Å²) in [4.78, 5) is 39.3. The molecule has 5 rings (SSSR count). The molecule has 190 valence electrons. The molecule has 0 saturated carbocycles. The van der Waals surface area contributed by atoms with Gasteiger partial charge in [0.15, 0.2) is 11.5 Å². The fourth-order valence-corrected chi connectivity index (χ4v) is 4.93. The van der Waals surface area contributed by atoms with Crippen molar-refractivity contribution < 1.29 is 23.9 Å². The molecule has 1 aliphatic heterocycles. The summed E-state index contributed by atoms with van der Waals surface area (Å²) in [7, 11) is 1.51. The van der Waals surface area contributed by atoms with Gasteiger partial charge in [0.2, 0.25) is 0 Å². The Morgan fingerprint density at radius 1 is 0.947 bits per heavy atom. The minimum atomic E-state index is -0.793. The highest BCUT2D eigenvalue weighted by atomic mass is 79.9. The van der Waals surface area contributed by atoms with E-state index in [2.05, 4.69) is 21.2 Å². The quantitative estimate of drug-likeness (QED) is 0.221. The Labute approximate surface area is 227 Å². The van der Waals surface area contributed by atoms with Crippen LogP contribution in [-0.2, 0) is 16.2 Å². The van der Waals surface area contributed by atoms with Gasteiger partial charge in [0, 0.05) is 0 Å². The van der Waals surface area contributed by atoms with E-state index in [-0.39, 0.29) is 5.57 Å².